The van der Waals surface area contributed by atoms with E-state index in [-0.39, 0.29) is 5.84 Å². The van der Waals surface area contributed by atoms with Crippen molar-refractivity contribution in [3.05, 3.63) is 29.5 Å². The number of aryl methyl sites for hydroxylation is 1. The van der Waals surface area contributed by atoms with Crippen LogP contribution >= 0.6 is 0 Å². The third-order valence-corrected chi connectivity index (χ3v) is 3.35. The monoisotopic (exact) mass is 228 g/mol. The van der Waals surface area contributed by atoms with Gasteiger partial charge in [0.1, 0.15) is 11.5 Å². The van der Waals surface area contributed by atoms with Crippen LogP contribution in [-0.2, 0) is 6.54 Å². The number of amidine groups is 1. The van der Waals surface area contributed by atoms with Crippen molar-refractivity contribution < 1.29 is 0 Å². The molecule has 88 valence electrons. The van der Waals surface area contributed by atoms with E-state index in [2.05, 4.69) is 18.1 Å². The van der Waals surface area contributed by atoms with Gasteiger partial charge in [-0.1, -0.05) is 18.2 Å². The zero-order valence-electron chi connectivity index (χ0n) is 9.90. The quantitative estimate of drug-likeness (QED) is 0.623. The van der Waals surface area contributed by atoms with Gasteiger partial charge in [0.2, 0.25) is 0 Å². The highest BCUT2D eigenvalue weighted by atomic mass is 15.3. The minimum Gasteiger partial charge on any atom is -0.382 e. The molecule has 1 aliphatic carbocycles. The van der Waals surface area contributed by atoms with Gasteiger partial charge in [-0.2, -0.15) is 5.10 Å². The SMILES string of the molecule is Cc1cccc2c(C(=N)N)nn(CC3CC3)c12. The summed E-state index contributed by atoms with van der Waals surface area (Å²) >= 11 is 0. The summed E-state index contributed by atoms with van der Waals surface area (Å²) in [7, 11) is 0. The van der Waals surface area contributed by atoms with Gasteiger partial charge in [0.05, 0.1) is 5.52 Å². The van der Waals surface area contributed by atoms with E-state index >= 15 is 0 Å². The summed E-state index contributed by atoms with van der Waals surface area (Å²) in [6.07, 6.45) is 2.59. The lowest BCUT2D eigenvalue weighted by molar-refractivity contribution is 0.578. The lowest BCUT2D eigenvalue weighted by atomic mass is 10.1. The molecule has 2 aromatic rings. The smallest absolute Gasteiger partial charge is 0.144 e. The average Bonchev–Trinajstić information content (AvgIpc) is 2.99. The van der Waals surface area contributed by atoms with Crippen LogP contribution in [0, 0.1) is 18.3 Å². The molecule has 4 nitrogen and oxygen atoms in total. The normalized spacial score (nSPS) is 15.4. The number of nitrogens with two attached hydrogens (primary N) is 1. The van der Waals surface area contributed by atoms with E-state index in [1.807, 2.05) is 16.8 Å². The lowest BCUT2D eigenvalue weighted by Gasteiger charge is -2.03. The predicted molar refractivity (Wildman–Crippen MR) is 68.2 cm³/mol. The summed E-state index contributed by atoms with van der Waals surface area (Å²) in [5, 5.41) is 13.1. The zero-order chi connectivity index (χ0) is 12.0. The second-order valence-electron chi connectivity index (χ2n) is 4.86. The fourth-order valence-corrected chi connectivity index (χ4v) is 2.29. The molecule has 0 aliphatic heterocycles. The fraction of sp³-hybridized carbons (Fsp3) is 0.385. The second kappa shape index (κ2) is 3.58. The van der Waals surface area contributed by atoms with Crippen LogP contribution in [-0.4, -0.2) is 15.6 Å². The molecule has 3 rings (SSSR count). The Morgan fingerprint density at radius 2 is 2.29 bits per heavy atom. The van der Waals surface area contributed by atoms with E-state index in [4.69, 9.17) is 11.1 Å². The molecule has 0 atom stereocenters. The maximum Gasteiger partial charge on any atom is 0.144 e. The molecule has 4 heteroatoms. The van der Waals surface area contributed by atoms with Crippen molar-refractivity contribution in [2.45, 2.75) is 26.3 Å². The number of nitrogens with one attached hydrogen (secondary N) is 1. The van der Waals surface area contributed by atoms with Crippen molar-refractivity contribution in [1.29, 1.82) is 5.41 Å². The number of rotatable bonds is 3. The van der Waals surface area contributed by atoms with Crippen molar-refractivity contribution in [2.75, 3.05) is 0 Å². The van der Waals surface area contributed by atoms with Crippen LogP contribution < -0.4 is 5.73 Å². The highest BCUT2D eigenvalue weighted by molar-refractivity contribution is 6.06. The van der Waals surface area contributed by atoms with Gasteiger partial charge in [0.15, 0.2) is 0 Å². The molecule has 1 aromatic heterocycles. The van der Waals surface area contributed by atoms with Gasteiger partial charge in [0.25, 0.3) is 0 Å². The third kappa shape index (κ3) is 1.69. The number of hydrogen-bond donors (Lipinski definition) is 2. The summed E-state index contributed by atoms with van der Waals surface area (Å²) < 4.78 is 2.03. The Bertz CT molecular complexity index is 593. The Kier molecular flexibility index (Phi) is 2.18. The Morgan fingerprint density at radius 3 is 2.94 bits per heavy atom. The van der Waals surface area contributed by atoms with Crippen molar-refractivity contribution in [3.63, 3.8) is 0 Å². The van der Waals surface area contributed by atoms with E-state index in [9.17, 15) is 0 Å². The summed E-state index contributed by atoms with van der Waals surface area (Å²) in [4.78, 5) is 0. The van der Waals surface area contributed by atoms with Crippen LogP contribution in [0.1, 0.15) is 24.1 Å². The van der Waals surface area contributed by atoms with Crippen LogP contribution in [0.5, 0.6) is 0 Å². The first-order chi connectivity index (χ1) is 8.16. The predicted octanol–water partition coefficient (Wildman–Crippen LogP) is 2.04. The maximum absolute atomic E-state index is 7.60. The summed E-state index contributed by atoms with van der Waals surface area (Å²) in [5.74, 6) is 0.813. The largest absolute Gasteiger partial charge is 0.382 e. The summed E-state index contributed by atoms with van der Waals surface area (Å²) in [5.41, 5.74) is 8.54. The Morgan fingerprint density at radius 1 is 1.53 bits per heavy atom. The highest BCUT2D eigenvalue weighted by Gasteiger charge is 2.24. The number of hydrogen-bond acceptors (Lipinski definition) is 2. The van der Waals surface area contributed by atoms with Crippen molar-refractivity contribution in [3.8, 4) is 0 Å². The molecule has 0 saturated heterocycles. The van der Waals surface area contributed by atoms with Crippen LogP contribution in [0.4, 0.5) is 0 Å². The molecule has 1 aromatic carbocycles. The van der Waals surface area contributed by atoms with E-state index in [1.165, 1.54) is 18.4 Å². The topological polar surface area (TPSA) is 67.7 Å². The Balaban J connectivity index is 2.22. The zero-order valence-corrected chi connectivity index (χ0v) is 9.90. The molecule has 0 spiro atoms. The molecule has 0 unspecified atom stereocenters. The van der Waals surface area contributed by atoms with Gasteiger partial charge < -0.3 is 5.73 Å². The van der Waals surface area contributed by atoms with Gasteiger partial charge >= 0.3 is 0 Å². The molecule has 1 aliphatic rings. The number of nitrogens with zero attached hydrogens (tertiary/aromatic N) is 2. The number of benzene rings is 1. The first-order valence-electron chi connectivity index (χ1n) is 5.97. The van der Waals surface area contributed by atoms with Crippen LogP contribution in [0.25, 0.3) is 10.9 Å². The van der Waals surface area contributed by atoms with Crippen molar-refractivity contribution in [1.82, 2.24) is 9.78 Å². The summed E-state index contributed by atoms with van der Waals surface area (Å²) in [6, 6.07) is 6.07. The van der Waals surface area contributed by atoms with E-state index in [0.717, 1.165) is 23.4 Å². The van der Waals surface area contributed by atoms with E-state index in [0.29, 0.717) is 5.69 Å². The first kappa shape index (κ1) is 10.3. The molecule has 0 bridgehead atoms. The molecule has 17 heavy (non-hydrogen) atoms. The van der Waals surface area contributed by atoms with Crippen molar-refractivity contribution >= 4 is 16.7 Å². The maximum atomic E-state index is 7.60. The van der Waals surface area contributed by atoms with Crippen LogP contribution in [0.15, 0.2) is 18.2 Å². The Hall–Kier alpha value is -1.84. The van der Waals surface area contributed by atoms with Gasteiger partial charge in [-0.25, -0.2) is 0 Å². The van der Waals surface area contributed by atoms with Gasteiger partial charge in [-0.15, -0.1) is 0 Å². The van der Waals surface area contributed by atoms with E-state index < -0.39 is 0 Å². The standard InChI is InChI=1S/C13H16N4/c1-8-3-2-4-10-11(13(14)15)16-17(12(8)10)7-9-5-6-9/h2-4,9H,5-7H2,1H3,(H3,14,15). The van der Waals surface area contributed by atoms with Crippen LogP contribution in [0.2, 0.25) is 0 Å². The van der Waals surface area contributed by atoms with Gasteiger partial charge in [-0.3, -0.25) is 10.1 Å². The van der Waals surface area contributed by atoms with E-state index in [1.54, 1.807) is 0 Å². The van der Waals surface area contributed by atoms with Crippen molar-refractivity contribution in [2.24, 2.45) is 11.7 Å². The first-order valence-corrected chi connectivity index (χ1v) is 5.97. The third-order valence-electron chi connectivity index (χ3n) is 3.35. The van der Waals surface area contributed by atoms with Gasteiger partial charge in [0, 0.05) is 11.9 Å². The lowest BCUT2D eigenvalue weighted by Crippen LogP contribution is -2.13. The number of aromatic nitrogens is 2. The molecule has 1 saturated carbocycles. The molecule has 0 amide bonds. The molecule has 1 heterocycles. The molecule has 0 radical (unpaired) electrons. The highest BCUT2D eigenvalue weighted by Crippen LogP contribution is 2.32. The minimum absolute atomic E-state index is 0.0511. The van der Waals surface area contributed by atoms with Gasteiger partial charge in [-0.05, 0) is 31.2 Å². The Labute approximate surface area is 99.9 Å². The minimum atomic E-state index is 0.0511. The summed E-state index contributed by atoms with van der Waals surface area (Å²) in [6.45, 7) is 3.03. The number of fused-ring (bicyclic) bond motifs is 1. The molecule has 3 N–H and O–H groups in total. The molecule has 1 fully saturated rings. The second-order valence-corrected chi connectivity index (χ2v) is 4.86. The number of nitrogen functional groups attached to an aromatic ring is 1. The number of para-hydroxylation sites is 1. The fourth-order valence-electron chi connectivity index (χ4n) is 2.29. The molecular weight excluding hydrogens is 212 g/mol. The van der Waals surface area contributed by atoms with Crippen LogP contribution in [0.3, 0.4) is 0 Å². The average molecular weight is 228 g/mol. The molecular formula is C13H16N4.